The molecule has 1 aliphatic rings. The molecule has 0 radical (unpaired) electrons. The second-order valence-electron chi connectivity index (χ2n) is 6.67. The minimum absolute atomic E-state index is 0.0109. The van der Waals surface area contributed by atoms with Crippen molar-refractivity contribution in [2.24, 2.45) is 5.92 Å². The maximum atomic E-state index is 13.0. The first-order chi connectivity index (χ1) is 10.3. The molecule has 1 fully saturated rings. The van der Waals surface area contributed by atoms with Gasteiger partial charge in [-0.2, -0.15) is 0 Å². The third kappa shape index (κ3) is 4.06. The van der Waals surface area contributed by atoms with Gasteiger partial charge < -0.3 is 14.4 Å². The summed E-state index contributed by atoms with van der Waals surface area (Å²) in [6, 6.07) is 6.22. The van der Waals surface area contributed by atoms with Crippen LogP contribution < -0.4 is 0 Å². The van der Waals surface area contributed by atoms with Crippen LogP contribution in [-0.4, -0.2) is 36.0 Å². The first kappa shape index (κ1) is 16.5. The normalized spacial score (nSPS) is 22.3. The fourth-order valence-corrected chi connectivity index (χ4v) is 2.74. The van der Waals surface area contributed by atoms with Crippen molar-refractivity contribution >= 4 is 12.4 Å². The molecule has 0 unspecified atom stereocenters. The molecular formula is C17H22FNO3. The Balaban J connectivity index is 2.06. The molecule has 1 amide bonds. The highest BCUT2D eigenvalue weighted by Gasteiger charge is 2.34. The van der Waals surface area contributed by atoms with Gasteiger partial charge in [0.1, 0.15) is 17.7 Å². The topological polar surface area (TPSA) is 46.6 Å². The Kier molecular flexibility index (Phi) is 4.84. The first-order valence-electron chi connectivity index (χ1n) is 7.49. The number of nitrogens with zero attached hydrogens (tertiary/aromatic N) is 1. The van der Waals surface area contributed by atoms with Crippen molar-refractivity contribution in [2.45, 2.75) is 38.7 Å². The van der Waals surface area contributed by atoms with Crippen molar-refractivity contribution in [3.63, 3.8) is 0 Å². The first-order valence-corrected chi connectivity index (χ1v) is 7.49. The number of rotatable bonds is 2. The van der Waals surface area contributed by atoms with Crippen LogP contribution in [0.1, 0.15) is 38.7 Å². The lowest BCUT2D eigenvalue weighted by Crippen LogP contribution is -2.45. The molecule has 1 heterocycles. The number of carbonyl (C=O) groups excluding carboxylic acids is 2. The molecule has 1 saturated heterocycles. The zero-order valence-electron chi connectivity index (χ0n) is 13.2. The highest BCUT2D eigenvalue weighted by atomic mass is 19.1. The Morgan fingerprint density at radius 1 is 1.32 bits per heavy atom. The molecule has 0 aliphatic carbocycles. The van der Waals surface area contributed by atoms with Crippen molar-refractivity contribution in [2.75, 3.05) is 13.1 Å². The summed E-state index contributed by atoms with van der Waals surface area (Å²) < 4.78 is 18.4. The van der Waals surface area contributed by atoms with Crippen molar-refractivity contribution < 1.29 is 18.7 Å². The zero-order chi connectivity index (χ0) is 16.3. The minimum atomic E-state index is -0.554. The molecule has 0 saturated carbocycles. The van der Waals surface area contributed by atoms with E-state index in [0.29, 0.717) is 19.5 Å². The number of aldehydes is 1. The van der Waals surface area contributed by atoms with Gasteiger partial charge in [0.15, 0.2) is 0 Å². The van der Waals surface area contributed by atoms with Crippen LogP contribution in [0.25, 0.3) is 0 Å². The highest BCUT2D eigenvalue weighted by Crippen LogP contribution is 2.32. The molecule has 4 nitrogen and oxygen atoms in total. The lowest BCUT2D eigenvalue weighted by atomic mass is 9.81. The summed E-state index contributed by atoms with van der Waals surface area (Å²) in [4.78, 5) is 25.1. The zero-order valence-corrected chi connectivity index (χ0v) is 13.2. The van der Waals surface area contributed by atoms with Crippen molar-refractivity contribution in [3.05, 3.63) is 35.6 Å². The Morgan fingerprint density at radius 3 is 2.50 bits per heavy atom. The van der Waals surface area contributed by atoms with Gasteiger partial charge in [-0.25, -0.2) is 9.18 Å². The lowest BCUT2D eigenvalue weighted by Gasteiger charge is -2.37. The van der Waals surface area contributed by atoms with E-state index in [-0.39, 0.29) is 17.7 Å². The fourth-order valence-electron chi connectivity index (χ4n) is 2.74. The van der Waals surface area contributed by atoms with E-state index in [4.69, 9.17) is 4.74 Å². The molecule has 5 heteroatoms. The van der Waals surface area contributed by atoms with E-state index in [1.165, 1.54) is 12.1 Å². The number of carbonyl (C=O) groups is 2. The molecule has 2 atom stereocenters. The quantitative estimate of drug-likeness (QED) is 0.787. The SMILES string of the molecule is CC(C)(C)OC(=O)N1CC[C@@H](c2ccc(F)cc2)[C@H](C=O)C1. The van der Waals surface area contributed by atoms with Crippen LogP contribution in [0.5, 0.6) is 0 Å². The molecule has 0 aromatic heterocycles. The third-order valence-corrected chi connectivity index (χ3v) is 3.78. The summed E-state index contributed by atoms with van der Waals surface area (Å²) >= 11 is 0. The lowest BCUT2D eigenvalue weighted by molar-refractivity contribution is -0.113. The van der Waals surface area contributed by atoms with Crippen LogP contribution in [0, 0.1) is 11.7 Å². The average molecular weight is 307 g/mol. The Bertz CT molecular complexity index is 536. The maximum Gasteiger partial charge on any atom is 0.410 e. The molecule has 120 valence electrons. The molecule has 0 N–H and O–H groups in total. The monoisotopic (exact) mass is 307 g/mol. The number of likely N-dealkylation sites (tertiary alicyclic amines) is 1. The van der Waals surface area contributed by atoms with Crippen molar-refractivity contribution in [3.8, 4) is 0 Å². The van der Waals surface area contributed by atoms with Crippen LogP contribution in [-0.2, 0) is 9.53 Å². The molecule has 0 spiro atoms. The number of ether oxygens (including phenoxy) is 1. The van der Waals surface area contributed by atoms with E-state index in [0.717, 1.165) is 11.8 Å². The molecular weight excluding hydrogens is 285 g/mol. The number of amides is 1. The van der Waals surface area contributed by atoms with E-state index in [1.54, 1.807) is 17.0 Å². The third-order valence-electron chi connectivity index (χ3n) is 3.78. The molecule has 2 rings (SSSR count). The molecule has 1 aromatic rings. The van der Waals surface area contributed by atoms with Gasteiger partial charge >= 0.3 is 6.09 Å². The largest absolute Gasteiger partial charge is 0.444 e. The second-order valence-corrected chi connectivity index (χ2v) is 6.67. The number of piperidine rings is 1. The summed E-state index contributed by atoms with van der Waals surface area (Å²) in [5, 5.41) is 0. The van der Waals surface area contributed by atoms with E-state index in [2.05, 4.69) is 0 Å². The van der Waals surface area contributed by atoms with E-state index >= 15 is 0 Å². The summed E-state index contributed by atoms with van der Waals surface area (Å²) in [6.07, 6.45) is 1.15. The van der Waals surface area contributed by atoms with E-state index in [1.807, 2.05) is 20.8 Å². The molecule has 0 bridgehead atoms. The van der Waals surface area contributed by atoms with Gasteiger partial charge in [-0.05, 0) is 50.8 Å². The Labute approximate surface area is 130 Å². The number of hydrogen-bond acceptors (Lipinski definition) is 3. The summed E-state index contributed by atoms with van der Waals surface area (Å²) in [5.41, 5.74) is 0.379. The van der Waals surface area contributed by atoms with Crippen LogP contribution in [0.2, 0.25) is 0 Å². The summed E-state index contributed by atoms with van der Waals surface area (Å²) in [6.45, 7) is 6.30. The van der Waals surface area contributed by atoms with Gasteiger partial charge in [0.2, 0.25) is 0 Å². The second kappa shape index (κ2) is 6.46. The molecule has 22 heavy (non-hydrogen) atoms. The van der Waals surface area contributed by atoms with Crippen molar-refractivity contribution in [1.29, 1.82) is 0 Å². The van der Waals surface area contributed by atoms with E-state index in [9.17, 15) is 14.0 Å². The van der Waals surface area contributed by atoms with E-state index < -0.39 is 11.7 Å². The standard InChI is InChI=1S/C17H22FNO3/c1-17(2,3)22-16(21)19-9-8-15(13(10-19)11-20)12-4-6-14(18)7-5-12/h4-7,11,13,15H,8-10H2,1-3H3/t13-,15-/m0/s1. The minimum Gasteiger partial charge on any atom is -0.444 e. The van der Waals surface area contributed by atoms with Crippen LogP contribution in [0.4, 0.5) is 9.18 Å². The van der Waals surface area contributed by atoms with Crippen LogP contribution in [0.15, 0.2) is 24.3 Å². The number of hydrogen-bond donors (Lipinski definition) is 0. The van der Waals surface area contributed by atoms with Gasteiger partial charge in [0.05, 0.1) is 0 Å². The van der Waals surface area contributed by atoms with Gasteiger partial charge in [-0.3, -0.25) is 0 Å². The van der Waals surface area contributed by atoms with Gasteiger partial charge in [-0.1, -0.05) is 12.1 Å². The predicted molar refractivity (Wildman–Crippen MR) is 81.1 cm³/mol. The fraction of sp³-hybridized carbons (Fsp3) is 0.529. The number of halogens is 1. The maximum absolute atomic E-state index is 13.0. The summed E-state index contributed by atoms with van der Waals surface area (Å²) in [5.74, 6) is -0.582. The van der Waals surface area contributed by atoms with Gasteiger partial charge in [-0.15, -0.1) is 0 Å². The summed E-state index contributed by atoms with van der Waals surface area (Å²) in [7, 11) is 0. The Hall–Kier alpha value is -1.91. The predicted octanol–water partition coefficient (Wildman–Crippen LogP) is 3.37. The molecule has 1 aromatic carbocycles. The van der Waals surface area contributed by atoms with Crippen LogP contribution >= 0.6 is 0 Å². The highest BCUT2D eigenvalue weighted by molar-refractivity contribution is 5.69. The van der Waals surface area contributed by atoms with Gasteiger partial charge in [0, 0.05) is 19.0 Å². The number of benzene rings is 1. The van der Waals surface area contributed by atoms with Gasteiger partial charge in [0.25, 0.3) is 0 Å². The van der Waals surface area contributed by atoms with Crippen molar-refractivity contribution in [1.82, 2.24) is 4.90 Å². The Morgan fingerprint density at radius 2 is 1.95 bits per heavy atom. The van der Waals surface area contributed by atoms with Crippen LogP contribution in [0.3, 0.4) is 0 Å². The smallest absolute Gasteiger partial charge is 0.410 e. The average Bonchev–Trinajstić information content (AvgIpc) is 2.45. The molecule has 1 aliphatic heterocycles.